The summed E-state index contributed by atoms with van der Waals surface area (Å²) in [6, 6.07) is 8.67. The first kappa shape index (κ1) is 16.5. The highest BCUT2D eigenvalue weighted by Crippen LogP contribution is 2.26. The van der Waals surface area contributed by atoms with E-state index in [1.807, 2.05) is 12.1 Å². The van der Waals surface area contributed by atoms with Crippen molar-refractivity contribution >= 4 is 11.6 Å². The van der Waals surface area contributed by atoms with Gasteiger partial charge in [0.05, 0.1) is 0 Å². The van der Waals surface area contributed by atoms with E-state index in [0.29, 0.717) is 17.4 Å². The van der Waals surface area contributed by atoms with E-state index >= 15 is 0 Å². The molecule has 0 aliphatic carbocycles. The number of hydrogen-bond donors (Lipinski definition) is 1. The van der Waals surface area contributed by atoms with Crippen LogP contribution in [0.25, 0.3) is 0 Å². The highest BCUT2D eigenvalue weighted by atomic mass is 35.5. The van der Waals surface area contributed by atoms with Gasteiger partial charge in [0.1, 0.15) is 0 Å². The van der Waals surface area contributed by atoms with Gasteiger partial charge in [-0.25, -0.2) is 0 Å². The first-order valence-electron chi connectivity index (χ1n) is 7.33. The van der Waals surface area contributed by atoms with E-state index in [9.17, 15) is 0 Å². The van der Waals surface area contributed by atoms with Gasteiger partial charge >= 0.3 is 0 Å². The zero-order valence-electron chi connectivity index (χ0n) is 13.0. The number of rotatable bonds is 6. The molecule has 0 amide bonds. The van der Waals surface area contributed by atoms with Gasteiger partial charge < -0.3 is 5.32 Å². The lowest BCUT2D eigenvalue weighted by Crippen LogP contribution is -2.32. The van der Waals surface area contributed by atoms with Crippen LogP contribution in [0.15, 0.2) is 24.3 Å². The third-order valence-electron chi connectivity index (χ3n) is 4.00. The maximum atomic E-state index is 5.96. The van der Waals surface area contributed by atoms with E-state index in [4.69, 9.17) is 11.6 Å². The van der Waals surface area contributed by atoms with E-state index < -0.39 is 0 Å². The van der Waals surface area contributed by atoms with Crippen LogP contribution in [-0.4, -0.2) is 6.54 Å². The normalized spacial score (nSPS) is 15.3. The van der Waals surface area contributed by atoms with E-state index in [-0.39, 0.29) is 0 Å². The molecule has 0 fully saturated rings. The predicted molar refractivity (Wildman–Crippen MR) is 85.7 cm³/mol. The number of hydrogen-bond acceptors (Lipinski definition) is 1. The van der Waals surface area contributed by atoms with E-state index in [2.05, 4.69) is 52.1 Å². The summed E-state index contributed by atoms with van der Waals surface area (Å²) in [6.07, 6.45) is 2.35. The fourth-order valence-electron chi connectivity index (χ4n) is 2.00. The van der Waals surface area contributed by atoms with E-state index in [1.54, 1.807) is 0 Å². The second kappa shape index (κ2) is 7.31. The number of nitrogens with one attached hydrogen (secondary N) is 1. The molecule has 108 valence electrons. The quantitative estimate of drug-likeness (QED) is 0.731. The highest BCUT2D eigenvalue weighted by Gasteiger charge is 2.21. The summed E-state index contributed by atoms with van der Waals surface area (Å²) in [7, 11) is 0. The maximum absolute atomic E-state index is 5.96. The summed E-state index contributed by atoms with van der Waals surface area (Å²) < 4.78 is 0. The average molecular weight is 282 g/mol. The van der Waals surface area contributed by atoms with Crippen molar-refractivity contribution in [2.75, 3.05) is 6.54 Å². The Kier molecular flexibility index (Phi) is 6.35. The van der Waals surface area contributed by atoms with E-state index in [1.165, 1.54) is 18.4 Å². The maximum Gasteiger partial charge on any atom is 0.0406 e. The molecule has 1 nitrogen and oxygen atoms in total. The summed E-state index contributed by atoms with van der Waals surface area (Å²) in [4.78, 5) is 0. The van der Waals surface area contributed by atoms with Crippen molar-refractivity contribution < 1.29 is 0 Å². The third kappa shape index (κ3) is 5.54. The molecule has 0 bridgehead atoms. The Labute approximate surface area is 123 Å². The third-order valence-corrected chi connectivity index (χ3v) is 4.25. The molecule has 1 rings (SSSR count). The fourth-order valence-corrected chi connectivity index (χ4v) is 2.12. The Bertz CT molecular complexity index is 364. The molecular formula is C17H28ClN. The molecule has 0 heterocycles. The predicted octanol–water partition coefficient (Wildman–Crippen LogP) is 5.45. The van der Waals surface area contributed by atoms with Crippen LogP contribution in [0, 0.1) is 11.3 Å². The monoisotopic (exact) mass is 281 g/mol. The molecule has 1 aromatic rings. The van der Waals surface area contributed by atoms with Crippen LogP contribution < -0.4 is 5.32 Å². The molecule has 1 N–H and O–H groups in total. The van der Waals surface area contributed by atoms with Crippen LogP contribution in [0.3, 0.4) is 0 Å². The van der Waals surface area contributed by atoms with Gasteiger partial charge in [0.25, 0.3) is 0 Å². The van der Waals surface area contributed by atoms with Gasteiger partial charge in [-0.3, -0.25) is 0 Å². The highest BCUT2D eigenvalue weighted by molar-refractivity contribution is 6.30. The Morgan fingerprint density at radius 3 is 2.21 bits per heavy atom. The molecule has 2 heteroatoms. The zero-order valence-corrected chi connectivity index (χ0v) is 13.7. The van der Waals surface area contributed by atoms with Crippen molar-refractivity contribution in [3.05, 3.63) is 34.9 Å². The molecule has 0 saturated heterocycles. The van der Waals surface area contributed by atoms with Crippen LogP contribution in [-0.2, 0) is 0 Å². The lowest BCUT2D eigenvalue weighted by atomic mass is 9.82. The SMILES string of the molecule is CCCC(NCC(C)C(C)(C)C)c1ccc(Cl)cc1. The number of benzene rings is 1. The standard InChI is InChI=1S/C17H28ClN/c1-6-7-16(14-8-10-15(18)11-9-14)19-12-13(2)17(3,4)5/h8-11,13,16,19H,6-7,12H2,1-5H3. The smallest absolute Gasteiger partial charge is 0.0406 e. The van der Waals surface area contributed by atoms with Gasteiger partial charge in [-0.2, -0.15) is 0 Å². The molecule has 1 aromatic carbocycles. The lowest BCUT2D eigenvalue weighted by molar-refractivity contribution is 0.243. The molecule has 0 saturated carbocycles. The molecule has 0 spiro atoms. The minimum atomic E-state index is 0.351. The first-order valence-corrected chi connectivity index (χ1v) is 7.71. The molecule has 0 aliphatic rings. The summed E-state index contributed by atoms with van der Waals surface area (Å²) >= 11 is 5.96. The minimum absolute atomic E-state index is 0.351. The Morgan fingerprint density at radius 2 is 1.74 bits per heavy atom. The van der Waals surface area contributed by atoms with Gasteiger partial charge in [0.15, 0.2) is 0 Å². The van der Waals surface area contributed by atoms with Crippen molar-refractivity contribution in [1.82, 2.24) is 5.32 Å². The van der Waals surface area contributed by atoms with Crippen molar-refractivity contribution in [3.63, 3.8) is 0 Å². The van der Waals surface area contributed by atoms with Crippen LogP contribution in [0.1, 0.15) is 59.1 Å². The van der Waals surface area contributed by atoms with Crippen LogP contribution in [0.2, 0.25) is 5.02 Å². The van der Waals surface area contributed by atoms with Gasteiger partial charge in [-0.05, 0) is 42.0 Å². The zero-order chi connectivity index (χ0) is 14.5. The molecular weight excluding hydrogens is 254 g/mol. The van der Waals surface area contributed by atoms with Gasteiger partial charge in [-0.1, -0.05) is 64.8 Å². The Balaban J connectivity index is 2.65. The van der Waals surface area contributed by atoms with Crippen molar-refractivity contribution in [3.8, 4) is 0 Å². The molecule has 0 aromatic heterocycles. The molecule has 0 radical (unpaired) electrons. The molecule has 19 heavy (non-hydrogen) atoms. The topological polar surface area (TPSA) is 12.0 Å². The molecule has 2 unspecified atom stereocenters. The minimum Gasteiger partial charge on any atom is -0.310 e. The van der Waals surface area contributed by atoms with Gasteiger partial charge in [0.2, 0.25) is 0 Å². The van der Waals surface area contributed by atoms with Gasteiger partial charge in [-0.15, -0.1) is 0 Å². The van der Waals surface area contributed by atoms with Crippen LogP contribution in [0.5, 0.6) is 0 Å². The molecule has 2 atom stereocenters. The van der Waals surface area contributed by atoms with Crippen molar-refractivity contribution in [2.24, 2.45) is 11.3 Å². The van der Waals surface area contributed by atoms with Gasteiger partial charge in [0, 0.05) is 11.1 Å². The second-order valence-corrected chi connectivity index (χ2v) is 7.00. The second-order valence-electron chi connectivity index (χ2n) is 6.57. The summed E-state index contributed by atoms with van der Waals surface area (Å²) in [5.74, 6) is 0.652. The Hall–Kier alpha value is -0.530. The number of halogens is 1. The fraction of sp³-hybridized carbons (Fsp3) is 0.647. The van der Waals surface area contributed by atoms with E-state index in [0.717, 1.165) is 11.6 Å². The summed E-state index contributed by atoms with van der Waals surface area (Å²) in [5.41, 5.74) is 1.69. The molecule has 0 aliphatic heterocycles. The largest absolute Gasteiger partial charge is 0.310 e. The van der Waals surface area contributed by atoms with Crippen LogP contribution >= 0.6 is 11.6 Å². The lowest BCUT2D eigenvalue weighted by Gasteiger charge is -2.30. The van der Waals surface area contributed by atoms with Crippen molar-refractivity contribution in [2.45, 2.75) is 53.5 Å². The van der Waals surface area contributed by atoms with Crippen molar-refractivity contribution in [1.29, 1.82) is 0 Å². The summed E-state index contributed by atoms with van der Waals surface area (Å²) in [5, 5.41) is 4.53. The Morgan fingerprint density at radius 1 is 1.16 bits per heavy atom. The van der Waals surface area contributed by atoms with Crippen LogP contribution in [0.4, 0.5) is 0 Å². The summed E-state index contributed by atoms with van der Waals surface area (Å²) in [6.45, 7) is 12.5. The average Bonchev–Trinajstić information content (AvgIpc) is 2.34. The first-order chi connectivity index (χ1) is 8.84.